The summed E-state index contributed by atoms with van der Waals surface area (Å²) < 4.78 is 4.96. The number of carbonyl (C=O) groups excluding carboxylic acids is 1. The summed E-state index contributed by atoms with van der Waals surface area (Å²) in [5.41, 5.74) is 0. The molecule has 84 valence electrons. The van der Waals surface area contributed by atoms with Crippen molar-refractivity contribution in [1.29, 1.82) is 0 Å². The second kappa shape index (κ2) is 9.00. The van der Waals surface area contributed by atoms with Gasteiger partial charge in [-0.25, -0.2) is 0 Å². The summed E-state index contributed by atoms with van der Waals surface area (Å²) in [6, 6.07) is 0. The van der Waals surface area contributed by atoms with Gasteiger partial charge in [0.05, 0.1) is 19.1 Å². The number of aliphatic hydroxyl groups excluding tert-OH is 1. The lowest BCUT2D eigenvalue weighted by Crippen LogP contribution is -2.15. The number of hydrogen-bond donors (Lipinski definition) is 1. The molecule has 0 aromatic rings. The minimum atomic E-state index is -0.529. The van der Waals surface area contributed by atoms with Crippen molar-refractivity contribution >= 4 is 5.97 Å². The van der Waals surface area contributed by atoms with Crippen molar-refractivity contribution < 1.29 is 14.6 Å². The maximum absolute atomic E-state index is 11.1. The van der Waals surface area contributed by atoms with Crippen molar-refractivity contribution in [3.05, 3.63) is 0 Å². The molecule has 0 aliphatic rings. The molecule has 1 atom stereocenters. The fraction of sp³-hybridized carbons (Fsp3) is 0.909. The number of hydrogen-bond acceptors (Lipinski definition) is 3. The molecule has 0 spiro atoms. The third kappa shape index (κ3) is 8.05. The molecule has 3 heteroatoms. The lowest BCUT2D eigenvalue weighted by atomic mass is 10.1. The molecule has 0 saturated carbocycles. The highest BCUT2D eigenvalue weighted by atomic mass is 16.5. The topological polar surface area (TPSA) is 46.5 Å². The van der Waals surface area contributed by atoms with Gasteiger partial charge in [-0.05, 0) is 12.8 Å². The Labute approximate surface area is 86.5 Å². The number of aliphatic hydroxyl groups is 1. The van der Waals surface area contributed by atoms with Crippen LogP contribution in [0, 0.1) is 0 Å². The molecular formula is C11H22O3. The van der Waals surface area contributed by atoms with Gasteiger partial charge in [0.25, 0.3) is 0 Å². The van der Waals surface area contributed by atoms with Gasteiger partial charge in [-0.15, -0.1) is 0 Å². The molecule has 0 fully saturated rings. The van der Waals surface area contributed by atoms with Crippen molar-refractivity contribution in [2.45, 2.75) is 58.5 Å². The van der Waals surface area contributed by atoms with Gasteiger partial charge in [0.1, 0.15) is 0 Å². The van der Waals surface area contributed by atoms with E-state index in [0.717, 1.165) is 25.7 Å². The zero-order chi connectivity index (χ0) is 10.8. The monoisotopic (exact) mass is 202 g/mol. The van der Waals surface area contributed by atoms with Crippen LogP contribution in [0.1, 0.15) is 52.4 Å². The van der Waals surface area contributed by atoms with Crippen LogP contribution in [0.15, 0.2) is 0 Å². The SMILES string of the molecule is CCCCCOC(=O)CC(O)CCC. The zero-order valence-corrected chi connectivity index (χ0v) is 9.29. The third-order valence-corrected chi connectivity index (χ3v) is 2.04. The highest BCUT2D eigenvalue weighted by Crippen LogP contribution is 2.03. The molecule has 0 saturated heterocycles. The maximum Gasteiger partial charge on any atom is 0.308 e. The summed E-state index contributed by atoms with van der Waals surface area (Å²) in [5, 5.41) is 9.32. The van der Waals surface area contributed by atoms with Crippen LogP contribution in [0.25, 0.3) is 0 Å². The Morgan fingerprint density at radius 1 is 1.29 bits per heavy atom. The Morgan fingerprint density at radius 2 is 2.00 bits per heavy atom. The van der Waals surface area contributed by atoms with E-state index in [0.29, 0.717) is 13.0 Å². The molecular weight excluding hydrogens is 180 g/mol. The van der Waals surface area contributed by atoms with E-state index in [2.05, 4.69) is 6.92 Å². The largest absolute Gasteiger partial charge is 0.466 e. The molecule has 0 rings (SSSR count). The molecule has 1 unspecified atom stereocenters. The highest BCUT2D eigenvalue weighted by molar-refractivity contribution is 5.69. The molecule has 14 heavy (non-hydrogen) atoms. The fourth-order valence-electron chi connectivity index (χ4n) is 1.22. The van der Waals surface area contributed by atoms with Gasteiger partial charge in [0.2, 0.25) is 0 Å². The molecule has 3 nitrogen and oxygen atoms in total. The summed E-state index contributed by atoms with van der Waals surface area (Å²) in [7, 11) is 0. The van der Waals surface area contributed by atoms with Crippen LogP contribution < -0.4 is 0 Å². The Morgan fingerprint density at radius 3 is 2.57 bits per heavy atom. The normalized spacial score (nSPS) is 12.5. The van der Waals surface area contributed by atoms with Crippen LogP contribution in [0.5, 0.6) is 0 Å². The number of carbonyl (C=O) groups is 1. The molecule has 0 aromatic carbocycles. The molecule has 0 aromatic heterocycles. The molecule has 0 aliphatic carbocycles. The van der Waals surface area contributed by atoms with Gasteiger partial charge < -0.3 is 9.84 Å². The van der Waals surface area contributed by atoms with Crippen LogP contribution in [0.3, 0.4) is 0 Å². The van der Waals surface area contributed by atoms with Gasteiger partial charge in [-0.3, -0.25) is 4.79 Å². The second-order valence-electron chi connectivity index (χ2n) is 3.57. The lowest BCUT2D eigenvalue weighted by Gasteiger charge is -2.08. The van der Waals surface area contributed by atoms with Crippen LogP contribution in [0.2, 0.25) is 0 Å². The fourth-order valence-corrected chi connectivity index (χ4v) is 1.22. The molecule has 0 radical (unpaired) electrons. The van der Waals surface area contributed by atoms with Gasteiger partial charge in [0, 0.05) is 0 Å². The van der Waals surface area contributed by atoms with Crippen LogP contribution in [-0.4, -0.2) is 23.8 Å². The quantitative estimate of drug-likeness (QED) is 0.485. The van der Waals surface area contributed by atoms with E-state index in [9.17, 15) is 9.90 Å². The average Bonchev–Trinajstić information content (AvgIpc) is 2.13. The summed E-state index contributed by atoms with van der Waals surface area (Å²) in [6.07, 6.45) is 4.31. The van der Waals surface area contributed by atoms with E-state index in [1.807, 2.05) is 6.92 Å². The van der Waals surface area contributed by atoms with E-state index in [4.69, 9.17) is 4.74 Å². The van der Waals surface area contributed by atoms with Crippen LogP contribution >= 0.6 is 0 Å². The Kier molecular flexibility index (Phi) is 8.64. The first-order valence-electron chi connectivity index (χ1n) is 5.54. The van der Waals surface area contributed by atoms with Crippen LogP contribution in [0.4, 0.5) is 0 Å². The summed E-state index contributed by atoms with van der Waals surface area (Å²) in [6.45, 7) is 4.58. The minimum Gasteiger partial charge on any atom is -0.466 e. The van der Waals surface area contributed by atoms with E-state index in [1.54, 1.807) is 0 Å². The van der Waals surface area contributed by atoms with Crippen molar-refractivity contribution in [2.24, 2.45) is 0 Å². The van der Waals surface area contributed by atoms with Crippen molar-refractivity contribution in [3.8, 4) is 0 Å². The minimum absolute atomic E-state index is 0.139. The smallest absolute Gasteiger partial charge is 0.308 e. The summed E-state index contributed by atoms with van der Waals surface area (Å²) in [4.78, 5) is 11.1. The Hall–Kier alpha value is -0.570. The van der Waals surface area contributed by atoms with Gasteiger partial charge in [-0.2, -0.15) is 0 Å². The standard InChI is InChI=1S/C11H22O3/c1-3-5-6-8-14-11(13)9-10(12)7-4-2/h10,12H,3-9H2,1-2H3. The van der Waals surface area contributed by atoms with Gasteiger partial charge >= 0.3 is 5.97 Å². The maximum atomic E-state index is 11.1. The third-order valence-electron chi connectivity index (χ3n) is 2.04. The summed E-state index contributed by atoms with van der Waals surface area (Å²) >= 11 is 0. The molecule has 1 N–H and O–H groups in total. The number of unbranched alkanes of at least 4 members (excludes halogenated alkanes) is 2. The predicted octanol–water partition coefficient (Wildman–Crippen LogP) is 2.27. The highest BCUT2D eigenvalue weighted by Gasteiger charge is 2.10. The second-order valence-corrected chi connectivity index (χ2v) is 3.57. The van der Waals surface area contributed by atoms with E-state index >= 15 is 0 Å². The number of ether oxygens (including phenoxy) is 1. The van der Waals surface area contributed by atoms with Gasteiger partial charge in [-0.1, -0.05) is 33.1 Å². The Balaban J connectivity index is 3.35. The molecule has 0 amide bonds. The van der Waals surface area contributed by atoms with Crippen LogP contribution in [-0.2, 0) is 9.53 Å². The molecule has 0 bridgehead atoms. The summed E-state index contributed by atoms with van der Waals surface area (Å²) in [5.74, 6) is -0.276. The van der Waals surface area contributed by atoms with E-state index in [1.165, 1.54) is 0 Å². The predicted molar refractivity (Wildman–Crippen MR) is 56.0 cm³/mol. The molecule has 0 heterocycles. The number of esters is 1. The first kappa shape index (κ1) is 13.4. The first-order valence-corrected chi connectivity index (χ1v) is 5.54. The van der Waals surface area contributed by atoms with E-state index < -0.39 is 6.10 Å². The van der Waals surface area contributed by atoms with Crippen molar-refractivity contribution in [1.82, 2.24) is 0 Å². The zero-order valence-electron chi connectivity index (χ0n) is 9.29. The molecule has 0 aliphatic heterocycles. The number of rotatable bonds is 8. The average molecular weight is 202 g/mol. The lowest BCUT2D eigenvalue weighted by molar-refractivity contribution is -0.146. The Bertz CT molecular complexity index is 145. The van der Waals surface area contributed by atoms with Gasteiger partial charge in [0.15, 0.2) is 0 Å². The van der Waals surface area contributed by atoms with Crippen molar-refractivity contribution in [3.63, 3.8) is 0 Å². The first-order chi connectivity index (χ1) is 6.70. The van der Waals surface area contributed by atoms with Crippen molar-refractivity contribution in [2.75, 3.05) is 6.61 Å². The van der Waals surface area contributed by atoms with E-state index in [-0.39, 0.29) is 12.4 Å².